The number of hydroxylamine groups is 2. The smallest absolute Gasteiger partial charge is 0.367 e. The molecule has 12 nitrogen and oxygen atoms in total. The van der Waals surface area contributed by atoms with Crippen LogP contribution in [-0.2, 0) is 39.8 Å². The van der Waals surface area contributed by atoms with Gasteiger partial charge in [-0.15, -0.1) is 0 Å². The van der Waals surface area contributed by atoms with Gasteiger partial charge in [0.25, 0.3) is 11.6 Å². The molecule has 1 aromatic carbocycles. The Labute approximate surface area is 224 Å². The van der Waals surface area contributed by atoms with Gasteiger partial charge in [0.15, 0.2) is 19.5 Å². The first-order valence-corrected chi connectivity index (χ1v) is 15.7. The number of β-lactam (4-membered cyclic amide) rings is 1. The Morgan fingerprint density at radius 2 is 1.71 bits per heavy atom. The van der Waals surface area contributed by atoms with E-state index in [9.17, 15) is 34.1 Å². The molecule has 2 fully saturated rings. The Balaban J connectivity index is 1.67. The summed E-state index contributed by atoms with van der Waals surface area (Å²) < 4.78 is 11.1. The van der Waals surface area contributed by atoms with Crippen LogP contribution in [0.2, 0.25) is 18.1 Å². The van der Waals surface area contributed by atoms with Crippen molar-refractivity contribution in [2.45, 2.75) is 57.5 Å². The third-order valence-corrected chi connectivity index (χ3v) is 12.8. The monoisotopic (exact) mass is 566 g/mol. The Morgan fingerprint density at radius 3 is 2.24 bits per heavy atom. The number of hydrogen-bond acceptors (Lipinski definition) is 11. The van der Waals surface area contributed by atoms with Crippen LogP contribution in [0, 0.1) is 15.5 Å². The van der Waals surface area contributed by atoms with E-state index in [4.69, 9.17) is 14.0 Å². The maximum Gasteiger partial charge on any atom is 0.367 e. The van der Waals surface area contributed by atoms with Gasteiger partial charge in [0.05, 0.1) is 18.6 Å². The zero-order chi connectivity index (χ0) is 28.7. The molecule has 0 aromatic heterocycles. The Hall–Kier alpha value is -2.94. The summed E-state index contributed by atoms with van der Waals surface area (Å²) in [6, 6.07) is 5.46. The van der Waals surface area contributed by atoms with Gasteiger partial charge in [0.2, 0.25) is 17.1 Å². The lowest BCUT2D eigenvalue weighted by atomic mass is 9.43. The van der Waals surface area contributed by atoms with Crippen LogP contribution in [0.3, 0.4) is 0 Å². The van der Waals surface area contributed by atoms with Crippen molar-refractivity contribution in [1.82, 2.24) is 5.06 Å². The number of thioether (sulfide) groups is 1. The molecule has 1 aliphatic carbocycles. The molecule has 1 heterocycles. The molecule has 0 N–H and O–H groups in total. The molecule has 2 atom stereocenters. The molecule has 2 aliphatic rings. The van der Waals surface area contributed by atoms with Crippen LogP contribution in [0.1, 0.15) is 32.8 Å². The average Bonchev–Trinajstić information content (AvgIpc) is 2.85. The first-order valence-electron chi connectivity index (χ1n) is 11.8. The van der Waals surface area contributed by atoms with Crippen LogP contribution in [-0.4, -0.2) is 71.9 Å². The summed E-state index contributed by atoms with van der Waals surface area (Å²) in [5, 5.41) is 10.4. The van der Waals surface area contributed by atoms with Crippen LogP contribution in [0.4, 0.5) is 10.5 Å². The van der Waals surface area contributed by atoms with Gasteiger partial charge in [-0.05, 0) is 54.0 Å². The van der Waals surface area contributed by atoms with E-state index in [0.29, 0.717) is 22.4 Å². The van der Waals surface area contributed by atoms with Gasteiger partial charge in [0, 0.05) is 17.9 Å². The predicted molar refractivity (Wildman–Crippen MR) is 138 cm³/mol. The molecule has 14 heteroatoms. The summed E-state index contributed by atoms with van der Waals surface area (Å²) in [5.41, 5.74) is -3.63. The molecule has 0 bridgehead atoms. The maximum atomic E-state index is 13.4. The summed E-state index contributed by atoms with van der Waals surface area (Å²) in [4.78, 5) is 79.3. The number of rotatable bonds is 11. The zero-order valence-electron chi connectivity index (χ0n) is 22.0. The standard InChI is InChI=1S/C24H30N2O10SSi/c1-22(2,3)38(5,6)36-14-17(27)24-19(29)18(28)23(24,20(30)25(24)34-4)11-12-37-21(31)35-13-15-7-9-16(10-8-15)26(32)33/h7-10H,11-14H2,1-6H3/t23-,24+/m0/s1. The summed E-state index contributed by atoms with van der Waals surface area (Å²) in [5.74, 6) is -3.66. The van der Waals surface area contributed by atoms with Crippen molar-refractivity contribution in [2.75, 3.05) is 19.5 Å². The molecule has 1 amide bonds. The molecule has 1 aromatic rings. The molecule has 38 heavy (non-hydrogen) atoms. The van der Waals surface area contributed by atoms with Crippen LogP contribution >= 0.6 is 11.8 Å². The summed E-state index contributed by atoms with van der Waals surface area (Å²) in [6.45, 7) is 9.20. The van der Waals surface area contributed by atoms with Crippen molar-refractivity contribution in [3.63, 3.8) is 0 Å². The van der Waals surface area contributed by atoms with Crippen molar-refractivity contribution in [3.05, 3.63) is 39.9 Å². The number of nitro groups is 1. The molecule has 206 valence electrons. The number of benzene rings is 1. The van der Waals surface area contributed by atoms with Crippen molar-refractivity contribution in [1.29, 1.82) is 0 Å². The first-order chi connectivity index (χ1) is 17.6. The normalized spacial score (nSPS) is 22.9. The molecule has 1 aliphatic heterocycles. The number of ether oxygens (including phenoxy) is 1. The highest BCUT2D eigenvalue weighted by molar-refractivity contribution is 8.13. The molecule has 1 saturated carbocycles. The topological polar surface area (TPSA) is 159 Å². The molecule has 0 spiro atoms. The number of nitrogens with zero attached hydrogens (tertiary/aromatic N) is 2. The van der Waals surface area contributed by atoms with E-state index in [1.807, 2.05) is 33.9 Å². The van der Waals surface area contributed by atoms with Crippen LogP contribution < -0.4 is 0 Å². The number of hydrogen-bond donors (Lipinski definition) is 0. The van der Waals surface area contributed by atoms with Crippen molar-refractivity contribution >= 4 is 54.3 Å². The van der Waals surface area contributed by atoms with Gasteiger partial charge in [-0.2, -0.15) is 5.06 Å². The third kappa shape index (κ3) is 4.48. The third-order valence-electron chi connectivity index (χ3n) is 7.55. The Morgan fingerprint density at radius 1 is 1.11 bits per heavy atom. The second kappa shape index (κ2) is 10.3. The van der Waals surface area contributed by atoms with E-state index in [1.54, 1.807) is 0 Å². The number of non-ortho nitro benzene ring substituents is 1. The van der Waals surface area contributed by atoms with Gasteiger partial charge >= 0.3 is 5.30 Å². The summed E-state index contributed by atoms with van der Waals surface area (Å²) in [6.07, 6.45) is -0.251. The molecule has 0 radical (unpaired) electrons. The summed E-state index contributed by atoms with van der Waals surface area (Å²) in [7, 11) is -1.26. The number of carbonyl (C=O) groups excluding carboxylic acids is 5. The van der Waals surface area contributed by atoms with Gasteiger partial charge in [-0.3, -0.25) is 34.1 Å². The Kier molecular flexibility index (Phi) is 8.04. The highest BCUT2D eigenvalue weighted by Gasteiger charge is 2.91. The van der Waals surface area contributed by atoms with Gasteiger partial charge < -0.3 is 9.16 Å². The van der Waals surface area contributed by atoms with E-state index in [2.05, 4.69) is 0 Å². The van der Waals surface area contributed by atoms with Crippen molar-refractivity contribution in [2.24, 2.45) is 5.41 Å². The molecule has 1 saturated heterocycles. The second-order valence-corrected chi connectivity index (χ2v) is 16.4. The lowest BCUT2D eigenvalue weighted by molar-refractivity contribution is -0.384. The van der Waals surface area contributed by atoms with E-state index < -0.39 is 59.4 Å². The molecule has 0 unspecified atom stereocenters. The van der Waals surface area contributed by atoms with Crippen molar-refractivity contribution in [3.8, 4) is 0 Å². The average molecular weight is 567 g/mol. The number of nitro benzene ring substituents is 1. The number of ketones is 3. The molecular formula is C24H30N2O10SSi. The fourth-order valence-electron chi connectivity index (χ4n) is 4.30. The van der Waals surface area contributed by atoms with E-state index >= 15 is 0 Å². The van der Waals surface area contributed by atoms with Gasteiger partial charge in [0.1, 0.15) is 6.61 Å². The maximum absolute atomic E-state index is 13.4. The van der Waals surface area contributed by atoms with Crippen LogP contribution in [0.15, 0.2) is 24.3 Å². The van der Waals surface area contributed by atoms with Gasteiger partial charge in [-0.1, -0.05) is 20.8 Å². The SMILES string of the molecule is CON1C(=O)[C@]2(CCSC(=O)OCc3ccc([N+](=O)[O-])cc3)C(=O)C(=O)[C@@]12C(=O)CO[Si](C)(C)C(C)(C)C. The van der Waals surface area contributed by atoms with Gasteiger partial charge in [-0.25, -0.2) is 4.79 Å². The fourth-order valence-corrected chi connectivity index (χ4v) is 5.94. The number of Topliss-reactive ketones (excluding diaryl/α,β-unsaturated/α-hetero) is 3. The van der Waals surface area contributed by atoms with E-state index in [1.165, 1.54) is 24.3 Å². The predicted octanol–water partition coefficient (Wildman–Crippen LogP) is 3.23. The number of carbonyl (C=O) groups is 5. The molecule has 3 rings (SSSR count). The highest BCUT2D eigenvalue weighted by Crippen LogP contribution is 2.61. The quantitative estimate of drug-likeness (QED) is 0.0736. The van der Waals surface area contributed by atoms with Crippen molar-refractivity contribution < 1.29 is 42.9 Å². The van der Waals surface area contributed by atoms with E-state index in [-0.39, 0.29) is 29.5 Å². The van der Waals surface area contributed by atoms with E-state index in [0.717, 1.165) is 7.11 Å². The van der Waals surface area contributed by atoms with Crippen LogP contribution in [0.25, 0.3) is 0 Å². The minimum Gasteiger partial charge on any atom is -0.453 e. The second-order valence-electron chi connectivity index (χ2n) is 10.6. The van der Waals surface area contributed by atoms with Crippen LogP contribution in [0.5, 0.6) is 0 Å². The number of fused-ring (bicyclic) bond motifs is 1. The minimum atomic E-state index is -2.39. The number of amides is 1. The lowest BCUT2D eigenvalue weighted by Gasteiger charge is -2.65. The highest BCUT2D eigenvalue weighted by atomic mass is 32.2. The Bertz CT molecular complexity index is 1200. The number of piperidine rings is 1. The molecular weight excluding hydrogens is 536 g/mol. The first kappa shape index (κ1) is 29.6. The summed E-state index contributed by atoms with van der Waals surface area (Å²) >= 11 is 0.681. The lowest BCUT2D eigenvalue weighted by Crippen LogP contribution is -2.95. The fraction of sp³-hybridized carbons (Fsp3) is 0.542. The zero-order valence-corrected chi connectivity index (χ0v) is 23.8. The minimum absolute atomic E-state index is 0.0838. The largest absolute Gasteiger partial charge is 0.453 e.